The average Bonchev–Trinajstić information content (AvgIpc) is 2.56. The molecule has 3 rings (SSSR count). The first-order valence-electron chi connectivity index (χ1n) is 8.27. The standard InChI is InChI=1S/C17H25N3O/c1-2-20(14-9-11-18-12-10-14)17(21)16-8-7-13-5-3-4-6-15(13)19-16/h9-13,15-16,19H,2-8H2,1H3. The average molecular weight is 287 g/mol. The van der Waals surface area contributed by atoms with Crippen molar-refractivity contribution in [1.29, 1.82) is 0 Å². The van der Waals surface area contributed by atoms with Crippen molar-refractivity contribution in [3.05, 3.63) is 24.5 Å². The monoisotopic (exact) mass is 287 g/mol. The van der Waals surface area contributed by atoms with Gasteiger partial charge in [-0.2, -0.15) is 0 Å². The predicted octanol–water partition coefficient (Wildman–Crippen LogP) is 2.75. The van der Waals surface area contributed by atoms with Gasteiger partial charge < -0.3 is 10.2 Å². The highest BCUT2D eigenvalue weighted by Crippen LogP contribution is 2.32. The van der Waals surface area contributed by atoms with Gasteiger partial charge in [0.15, 0.2) is 0 Å². The molecule has 1 aromatic rings. The summed E-state index contributed by atoms with van der Waals surface area (Å²) in [6, 6.07) is 4.36. The minimum atomic E-state index is -0.0162. The molecule has 0 aromatic carbocycles. The van der Waals surface area contributed by atoms with Crippen LogP contribution in [0.1, 0.15) is 45.4 Å². The summed E-state index contributed by atoms with van der Waals surface area (Å²) in [6.45, 7) is 2.74. The van der Waals surface area contributed by atoms with E-state index in [0.717, 1.165) is 18.0 Å². The minimum Gasteiger partial charge on any atom is -0.311 e. The molecule has 21 heavy (non-hydrogen) atoms. The summed E-state index contributed by atoms with van der Waals surface area (Å²) in [5, 5.41) is 3.63. The molecular formula is C17H25N3O. The Balaban J connectivity index is 1.69. The fourth-order valence-electron chi connectivity index (χ4n) is 3.87. The van der Waals surface area contributed by atoms with E-state index < -0.39 is 0 Å². The zero-order chi connectivity index (χ0) is 14.7. The Morgan fingerprint density at radius 1 is 1.24 bits per heavy atom. The third kappa shape index (κ3) is 3.10. The molecule has 2 aliphatic rings. The molecule has 3 atom stereocenters. The van der Waals surface area contributed by atoms with Gasteiger partial charge in [-0.15, -0.1) is 0 Å². The topological polar surface area (TPSA) is 45.2 Å². The van der Waals surface area contributed by atoms with Crippen LogP contribution in [0.25, 0.3) is 0 Å². The van der Waals surface area contributed by atoms with Gasteiger partial charge in [-0.05, 0) is 50.7 Å². The van der Waals surface area contributed by atoms with Crippen LogP contribution in [0, 0.1) is 5.92 Å². The molecule has 2 heterocycles. The van der Waals surface area contributed by atoms with Crippen molar-refractivity contribution < 1.29 is 4.79 Å². The molecule has 1 amide bonds. The van der Waals surface area contributed by atoms with Crippen molar-refractivity contribution in [2.24, 2.45) is 5.92 Å². The lowest BCUT2D eigenvalue weighted by atomic mass is 9.77. The van der Waals surface area contributed by atoms with Crippen LogP contribution in [0.3, 0.4) is 0 Å². The summed E-state index contributed by atoms with van der Waals surface area (Å²) >= 11 is 0. The summed E-state index contributed by atoms with van der Waals surface area (Å²) in [5.74, 6) is 1.01. The Kier molecular flexibility index (Phi) is 4.54. The van der Waals surface area contributed by atoms with E-state index in [4.69, 9.17) is 0 Å². The second kappa shape index (κ2) is 6.56. The van der Waals surface area contributed by atoms with Gasteiger partial charge in [0.1, 0.15) is 0 Å². The maximum atomic E-state index is 12.8. The molecule has 2 fully saturated rings. The van der Waals surface area contributed by atoms with E-state index in [1.165, 1.54) is 32.1 Å². The quantitative estimate of drug-likeness (QED) is 0.929. The number of hydrogen-bond donors (Lipinski definition) is 1. The highest BCUT2D eigenvalue weighted by Gasteiger charge is 2.35. The Hall–Kier alpha value is -1.42. The lowest BCUT2D eigenvalue weighted by Crippen LogP contribution is -2.55. The molecule has 1 saturated heterocycles. The Morgan fingerprint density at radius 3 is 2.76 bits per heavy atom. The summed E-state index contributed by atoms with van der Waals surface area (Å²) in [7, 11) is 0. The van der Waals surface area contributed by atoms with Crippen LogP contribution in [-0.4, -0.2) is 29.5 Å². The van der Waals surface area contributed by atoms with Gasteiger partial charge in [0.2, 0.25) is 5.91 Å². The van der Waals surface area contributed by atoms with Crippen molar-refractivity contribution in [1.82, 2.24) is 10.3 Å². The molecule has 114 valence electrons. The van der Waals surface area contributed by atoms with Crippen LogP contribution in [0.15, 0.2) is 24.5 Å². The highest BCUT2D eigenvalue weighted by molar-refractivity contribution is 5.97. The number of pyridine rings is 1. The smallest absolute Gasteiger partial charge is 0.244 e. The highest BCUT2D eigenvalue weighted by atomic mass is 16.2. The first-order valence-corrected chi connectivity index (χ1v) is 8.27. The van der Waals surface area contributed by atoms with Crippen LogP contribution < -0.4 is 10.2 Å². The molecule has 1 aliphatic carbocycles. The summed E-state index contributed by atoms with van der Waals surface area (Å²) in [4.78, 5) is 18.8. The molecule has 0 spiro atoms. The molecular weight excluding hydrogens is 262 g/mol. The number of carbonyl (C=O) groups excluding carboxylic acids is 1. The Labute approximate surface area is 126 Å². The third-order valence-corrected chi connectivity index (χ3v) is 5.01. The van der Waals surface area contributed by atoms with E-state index in [2.05, 4.69) is 10.3 Å². The van der Waals surface area contributed by atoms with E-state index in [-0.39, 0.29) is 11.9 Å². The number of anilines is 1. The number of nitrogens with zero attached hydrogens (tertiary/aromatic N) is 2. The number of piperidine rings is 1. The fraction of sp³-hybridized carbons (Fsp3) is 0.647. The van der Waals surface area contributed by atoms with Gasteiger partial charge in [0, 0.05) is 30.7 Å². The van der Waals surface area contributed by atoms with Gasteiger partial charge >= 0.3 is 0 Å². The van der Waals surface area contributed by atoms with Crippen molar-refractivity contribution in [3.63, 3.8) is 0 Å². The van der Waals surface area contributed by atoms with E-state index in [0.29, 0.717) is 12.6 Å². The number of rotatable bonds is 3. The van der Waals surface area contributed by atoms with Crippen LogP contribution in [0.2, 0.25) is 0 Å². The zero-order valence-electron chi connectivity index (χ0n) is 12.8. The number of nitrogens with one attached hydrogen (secondary N) is 1. The minimum absolute atomic E-state index is 0.0162. The maximum absolute atomic E-state index is 12.8. The fourth-order valence-corrected chi connectivity index (χ4v) is 3.87. The molecule has 0 bridgehead atoms. The molecule has 1 aliphatic heterocycles. The van der Waals surface area contributed by atoms with Gasteiger partial charge in [-0.25, -0.2) is 0 Å². The second-order valence-corrected chi connectivity index (χ2v) is 6.24. The van der Waals surface area contributed by atoms with Crippen LogP contribution >= 0.6 is 0 Å². The molecule has 4 heteroatoms. The molecule has 4 nitrogen and oxygen atoms in total. The van der Waals surface area contributed by atoms with E-state index in [1.54, 1.807) is 12.4 Å². The van der Waals surface area contributed by atoms with Crippen LogP contribution in [-0.2, 0) is 4.79 Å². The number of aromatic nitrogens is 1. The lowest BCUT2D eigenvalue weighted by molar-refractivity contribution is -0.121. The van der Waals surface area contributed by atoms with Crippen molar-refractivity contribution >= 4 is 11.6 Å². The van der Waals surface area contributed by atoms with Gasteiger partial charge in [0.25, 0.3) is 0 Å². The molecule has 1 saturated carbocycles. The number of fused-ring (bicyclic) bond motifs is 1. The van der Waals surface area contributed by atoms with Gasteiger partial charge in [-0.1, -0.05) is 12.8 Å². The van der Waals surface area contributed by atoms with Crippen molar-refractivity contribution in [3.8, 4) is 0 Å². The molecule has 0 radical (unpaired) electrons. The number of amides is 1. The summed E-state index contributed by atoms with van der Waals surface area (Å²) < 4.78 is 0. The lowest BCUT2D eigenvalue weighted by Gasteiger charge is -2.41. The van der Waals surface area contributed by atoms with E-state index >= 15 is 0 Å². The third-order valence-electron chi connectivity index (χ3n) is 5.01. The van der Waals surface area contributed by atoms with Crippen molar-refractivity contribution in [2.45, 2.75) is 57.5 Å². The van der Waals surface area contributed by atoms with Crippen LogP contribution in [0.5, 0.6) is 0 Å². The van der Waals surface area contributed by atoms with Crippen molar-refractivity contribution in [2.75, 3.05) is 11.4 Å². The first kappa shape index (κ1) is 14.5. The van der Waals surface area contributed by atoms with Crippen LogP contribution in [0.4, 0.5) is 5.69 Å². The number of hydrogen-bond acceptors (Lipinski definition) is 3. The maximum Gasteiger partial charge on any atom is 0.244 e. The SMILES string of the molecule is CCN(C(=O)C1CCC2CCCCC2N1)c1ccncc1. The molecule has 1 N–H and O–H groups in total. The summed E-state index contributed by atoms with van der Waals surface area (Å²) in [5.41, 5.74) is 0.949. The normalized spacial score (nSPS) is 28.7. The summed E-state index contributed by atoms with van der Waals surface area (Å²) in [6.07, 6.45) is 10.9. The van der Waals surface area contributed by atoms with Gasteiger partial charge in [0.05, 0.1) is 6.04 Å². The predicted molar refractivity (Wildman–Crippen MR) is 84.2 cm³/mol. The van der Waals surface area contributed by atoms with Gasteiger partial charge in [-0.3, -0.25) is 9.78 Å². The van der Waals surface area contributed by atoms with E-state index in [1.807, 2.05) is 24.0 Å². The largest absolute Gasteiger partial charge is 0.311 e. The molecule has 1 aromatic heterocycles. The first-order chi connectivity index (χ1) is 10.3. The Bertz CT molecular complexity index is 476. The molecule has 3 unspecified atom stereocenters. The number of carbonyl (C=O) groups is 1. The zero-order valence-corrected chi connectivity index (χ0v) is 12.8. The number of likely N-dealkylation sites (N-methyl/N-ethyl adjacent to an activating group) is 1. The second-order valence-electron chi connectivity index (χ2n) is 6.24. The van der Waals surface area contributed by atoms with E-state index in [9.17, 15) is 4.79 Å². The Morgan fingerprint density at radius 2 is 2.00 bits per heavy atom.